The Morgan fingerprint density at radius 1 is 1.32 bits per heavy atom. The molecule has 1 rings (SSSR count). The van der Waals surface area contributed by atoms with E-state index in [9.17, 15) is 0 Å². The first-order chi connectivity index (χ1) is 8.97. The minimum Gasteiger partial charge on any atom is -0.303 e. The fourth-order valence-corrected chi connectivity index (χ4v) is 2.72. The lowest BCUT2D eigenvalue weighted by Crippen LogP contribution is -2.39. The van der Waals surface area contributed by atoms with Crippen LogP contribution >= 0.6 is 0 Å². The zero-order valence-corrected chi connectivity index (χ0v) is 13.3. The minimum absolute atomic E-state index is 0.345. The van der Waals surface area contributed by atoms with Crippen LogP contribution in [0.25, 0.3) is 0 Å². The highest BCUT2D eigenvalue weighted by Gasteiger charge is 2.28. The molecule has 1 N–H and O–H groups in total. The Labute approximate surface area is 119 Å². The molecule has 1 aliphatic rings. The average molecular weight is 265 g/mol. The van der Waals surface area contributed by atoms with Gasteiger partial charge in [-0.15, -0.1) is 0 Å². The summed E-state index contributed by atoms with van der Waals surface area (Å²) in [5.41, 5.74) is 0.241. The lowest BCUT2D eigenvalue weighted by Gasteiger charge is -2.39. The van der Waals surface area contributed by atoms with Crippen molar-refractivity contribution < 1.29 is 0 Å². The number of hydrogen-bond donors (Lipinski definition) is 1. The third-order valence-corrected chi connectivity index (χ3v) is 5.12. The van der Waals surface area contributed by atoms with Crippen molar-refractivity contribution in [3.63, 3.8) is 0 Å². The highest BCUT2D eigenvalue weighted by Crippen LogP contribution is 2.33. The second kappa shape index (κ2) is 7.26. The van der Waals surface area contributed by atoms with E-state index in [4.69, 9.17) is 5.26 Å². The molecule has 1 unspecified atom stereocenters. The van der Waals surface area contributed by atoms with E-state index >= 15 is 0 Å². The average Bonchev–Trinajstić information content (AvgIpc) is 2.45. The summed E-state index contributed by atoms with van der Waals surface area (Å²) in [4.78, 5) is 2.60. The molecular weight excluding hydrogens is 234 g/mol. The lowest BCUT2D eigenvalue weighted by atomic mass is 9.78. The van der Waals surface area contributed by atoms with Crippen LogP contribution in [-0.2, 0) is 0 Å². The number of nitrogens with zero attached hydrogens (tertiary/aromatic N) is 2. The maximum absolute atomic E-state index is 9.10. The van der Waals surface area contributed by atoms with Crippen molar-refractivity contribution in [2.75, 3.05) is 26.7 Å². The van der Waals surface area contributed by atoms with E-state index in [-0.39, 0.29) is 5.54 Å². The summed E-state index contributed by atoms with van der Waals surface area (Å²) in [7, 11) is 1.87. The Morgan fingerprint density at radius 2 is 1.95 bits per heavy atom. The monoisotopic (exact) mass is 265 g/mol. The minimum atomic E-state index is -0.345. The molecule has 0 bridgehead atoms. The van der Waals surface area contributed by atoms with Crippen molar-refractivity contribution in [1.29, 1.82) is 5.26 Å². The van der Waals surface area contributed by atoms with Gasteiger partial charge in [0.2, 0.25) is 0 Å². The summed E-state index contributed by atoms with van der Waals surface area (Å²) < 4.78 is 0. The molecule has 0 aliphatic carbocycles. The molecule has 0 spiro atoms. The van der Waals surface area contributed by atoms with Crippen LogP contribution in [0.2, 0.25) is 0 Å². The predicted molar refractivity (Wildman–Crippen MR) is 81.0 cm³/mol. The number of hydrogen-bond acceptors (Lipinski definition) is 3. The molecule has 1 fully saturated rings. The van der Waals surface area contributed by atoms with E-state index in [1.54, 1.807) is 0 Å². The van der Waals surface area contributed by atoms with Gasteiger partial charge >= 0.3 is 0 Å². The Kier molecular flexibility index (Phi) is 6.29. The van der Waals surface area contributed by atoms with Gasteiger partial charge < -0.3 is 10.2 Å². The normalized spacial score (nSPS) is 22.7. The molecule has 0 amide bonds. The number of rotatable bonds is 7. The predicted octanol–water partition coefficient (Wildman–Crippen LogP) is 3.17. The molecule has 3 nitrogen and oxygen atoms in total. The number of likely N-dealkylation sites (tertiary alicyclic amines) is 1. The van der Waals surface area contributed by atoms with E-state index in [1.807, 2.05) is 14.0 Å². The summed E-state index contributed by atoms with van der Waals surface area (Å²) in [6.45, 7) is 10.4. The molecule has 1 aliphatic heterocycles. The van der Waals surface area contributed by atoms with Crippen molar-refractivity contribution in [1.82, 2.24) is 10.2 Å². The first kappa shape index (κ1) is 16.5. The van der Waals surface area contributed by atoms with Gasteiger partial charge in [-0.05, 0) is 71.1 Å². The van der Waals surface area contributed by atoms with Crippen molar-refractivity contribution in [3.8, 4) is 6.07 Å². The second-order valence-corrected chi connectivity index (χ2v) is 6.66. The Balaban J connectivity index is 2.17. The van der Waals surface area contributed by atoms with Crippen LogP contribution in [0, 0.1) is 16.7 Å². The van der Waals surface area contributed by atoms with Crippen LogP contribution < -0.4 is 5.32 Å². The van der Waals surface area contributed by atoms with Gasteiger partial charge in [0.1, 0.15) is 5.54 Å². The number of unbranched alkanes of at least 4 members (excludes halogenated alkanes) is 1. The summed E-state index contributed by atoms with van der Waals surface area (Å²) in [6, 6.07) is 2.36. The van der Waals surface area contributed by atoms with Crippen LogP contribution in [0.4, 0.5) is 0 Å². The summed E-state index contributed by atoms with van der Waals surface area (Å²) >= 11 is 0. The van der Waals surface area contributed by atoms with Gasteiger partial charge in [-0.2, -0.15) is 5.26 Å². The van der Waals surface area contributed by atoms with Crippen LogP contribution in [0.1, 0.15) is 59.3 Å². The van der Waals surface area contributed by atoms with Gasteiger partial charge in [-0.25, -0.2) is 0 Å². The van der Waals surface area contributed by atoms with Gasteiger partial charge in [0.15, 0.2) is 0 Å². The van der Waals surface area contributed by atoms with Crippen molar-refractivity contribution in [3.05, 3.63) is 0 Å². The highest BCUT2D eigenvalue weighted by molar-refractivity contribution is 5.02. The van der Waals surface area contributed by atoms with Crippen molar-refractivity contribution in [2.45, 2.75) is 64.8 Å². The molecule has 3 heteroatoms. The summed E-state index contributed by atoms with van der Waals surface area (Å²) in [6.07, 6.45) is 7.28. The Morgan fingerprint density at radius 3 is 2.42 bits per heavy atom. The molecular formula is C16H31N3. The quantitative estimate of drug-likeness (QED) is 0.719. The zero-order chi connectivity index (χ0) is 14.4. The second-order valence-electron chi connectivity index (χ2n) is 6.66. The maximum Gasteiger partial charge on any atom is 0.103 e. The summed E-state index contributed by atoms with van der Waals surface area (Å²) in [5.74, 6) is 0. The van der Waals surface area contributed by atoms with Gasteiger partial charge in [0.05, 0.1) is 6.07 Å². The van der Waals surface area contributed by atoms with Crippen LogP contribution in [0.15, 0.2) is 0 Å². The van der Waals surface area contributed by atoms with Crippen molar-refractivity contribution in [2.24, 2.45) is 5.41 Å². The molecule has 110 valence electrons. The van der Waals surface area contributed by atoms with Gasteiger partial charge in [0.25, 0.3) is 0 Å². The number of nitriles is 1. The topological polar surface area (TPSA) is 39.1 Å². The van der Waals surface area contributed by atoms with E-state index < -0.39 is 0 Å². The van der Waals surface area contributed by atoms with Gasteiger partial charge in [-0.1, -0.05) is 20.3 Å². The smallest absolute Gasteiger partial charge is 0.103 e. The van der Waals surface area contributed by atoms with Crippen molar-refractivity contribution >= 4 is 0 Å². The molecule has 1 atom stereocenters. The van der Waals surface area contributed by atoms with Crippen LogP contribution in [-0.4, -0.2) is 37.1 Å². The first-order valence-electron chi connectivity index (χ1n) is 7.79. The lowest BCUT2D eigenvalue weighted by molar-refractivity contribution is 0.113. The fourth-order valence-electron chi connectivity index (χ4n) is 2.72. The van der Waals surface area contributed by atoms with E-state index in [0.29, 0.717) is 5.41 Å². The molecule has 1 saturated heterocycles. The highest BCUT2D eigenvalue weighted by atomic mass is 15.1. The van der Waals surface area contributed by atoms with E-state index in [1.165, 1.54) is 45.3 Å². The first-order valence-corrected chi connectivity index (χ1v) is 7.79. The number of nitrogens with one attached hydrogen (secondary N) is 1. The van der Waals surface area contributed by atoms with Gasteiger partial charge in [0, 0.05) is 0 Å². The molecule has 0 aromatic rings. The molecule has 1 heterocycles. The standard InChI is InChI=1S/C16H31N3/c1-5-15(2)9-12-19(13-10-15)11-7-6-8-16(3,14-17)18-4/h18H,5-13H2,1-4H3. The SMILES string of the molecule is CCC1(C)CCN(CCCCC(C)(C#N)NC)CC1. The van der Waals surface area contributed by atoms with E-state index in [2.05, 4.69) is 30.1 Å². The third kappa shape index (κ3) is 5.12. The van der Waals surface area contributed by atoms with E-state index in [0.717, 1.165) is 12.8 Å². The number of piperidine rings is 1. The van der Waals surface area contributed by atoms with Gasteiger partial charge in [-0.3, -0.25) is 0 Å². The Bertz CT molecular complexity index is 300. The fraction of sp³-hybridized carbons (Fsp3) is 0.938. The molecule has 19 heavy (non-hydrogen) atoms. The molecule has 0 aromatic carbocycles. The Hall–Kier alpha value is -0.590. The largest absolute Gasteiger partial charge is 0.303 e. The molecule has 0 aromatic heterocycles. The molecule has 0 saturated carbocycles. The van der Waals surface area contributed by atoms with Crippen LogP contribution in [0.3, 0.4) is 0 Å². The van der Waals surface area contributed by atoms with Crippen LogP contribution in [0.5, 0.6) is 0 Å². The zero-order valence-electron chi connectivity index (χ0n) is 13.3. The maximum atomic E-state index is 9.10. The summed E-state index contributed by atoms with van der Waals surface area (Å²) in [5, 5.41) is 12.2. The molecule has 0 radical (unpaired) electrons. The third-order valence-electron chi connectivity index (χ3n) is 5.12.